The summed E-state index contributed by atoms with van der Waals surface area (Å²) in [5, 5.41) is 3.07. The summed E-state index contributed by atoms with van der Waals surface area (Å²) in [6, 6.07) is 0. The lowest BCUT2D eigenvalue weighted by Gasteiger charge is -2.26. The zero-order valence-electron chi connectivity index (χ0n) is 11.8. The SMILES string of the molecule is O=C1C=C(NCCN2CCCCC2)C(=O)c2nccnc21. The number of allylic oxidation sites excluding steroid dienone is 2. The van der Waals surface area contributed by atoms with Gasteiger partial charge in [-0.25, -0.2) is 9.97 Å². The van der Waals surface area contributed by atoms with Crippen molar-refractivity contribution in [1.82, 2.24) is 20.2 Å². The number of nitrogens with one attached hydrogen (secondary N) is 1. The minimum Gasteiger partial charge on any atom is -0.380 e. The van der Waals surface area contributed by atoms with Gasteiger partial charge in [0.1, 0.15) is 11.4 Å². The maximum atomic E-state index is 12.2. The molecule has 0 bridgehead atoms. The van der Waals surface area contributed by atoms with E-state index in [4.69, 9.17) is 0 Å². The van der Waals surface area contributed by atoms with Gasteiger partial charge in [0.2, 0.25) is 11.6 Å². The zero-order chi connectivity index (χ0) is 14.7. The van der Waals surface area contributed by atoms with Crippen LogP contribution in [0, 0.1) is 0 Å². The van der Waals surface area contributed by atoms with Crippen LogP contribution < -0.4 is 5.32 Å². The maximum absolute atomic E-state index is 12.2. The van der Waals surface area contributed by atoms with Crippen molar-refractivity contribution in [2.75, 3.05) is 26.2 Å². The van der Waals surface area contributed by atoms with E-state index in [0.717, 1.165) is 19.6 Å². The standard InChI is InChI=1S/C15H18N4O2/c20-12-10-11(15(21)14-13(12)17-4-5-18-14)16-6-9-19-7-2-1-3-8-19/h4-5,10,16H,1-3,6-9H2. The first-order valence-electron chi connectivity index (χ1n) is 7.33. The van der Waals surface area contributed by atoms with Crippen LogP contribution >= 0.6 is 0 Å². The van der Waals surface area contributed by atoms with Crippen LogP contribution in [0.15, 0.2) is 24.2 Å². The van der Waals surface area contributed by atoms with Gasteiger partial charge in [-0.05, 0) is 25.9 Å². The Morgan fingerprint density at radius 2 is 1.76 bits per heavy atom. The second kappa shape index (κ2) is 6.13. The summed E-state index contributed by atoms with van der Waals surface area (Å²) >= 11 is 0. The smallest absolute Gasteiger partial charge is 0.229 e. The minimum atomic E-state index is -0.266. The first kappa shape index (κ1) is 13.9. The van der Waals surface area contributed by atoms with Crippen LogP contribution in [0.5, 0.6) is 0 Å². The Bertz CT molecular complexity index is 591. The number of aromatic nitrogens is 2. The molecule has 2 aliphatic rings. The fraction of sp³-hybridized carbons (Fsp3) is 0.467. The van der Waals surface area contributed by atoms with Crippen molar-refractivity contribution in [3.63, 3.8) is 0 Å². The molecule has 1 saturated heterocycles. The highest BCUT2D eigenvalue weighted by Crippen LogP contribution is 2.15. The van der Waals surface area contributed by atoms with Crippen molar-refractivity contribution >= 4 is 11.6 Å². The Labute approximate surface area is 123 Å². The number of Topliss-reactive ketones (excluding diaryl/α,β-unsaturated/α-hetero) is 1. The number of piperidine rings is 1. The van der Waals surface area contributed by atoms with Gasteiger partial charge in [0.05, 0.1) is 5.70 Å². The molecule has 1 aromatic rings. The molecule has 1 fully saturated rings. The molecule has 21 heavy (non-hydrogen) atoms. The lowest BCUT2D eigenvalue weighted by molar-refractivity contribution is 0.0970. The van der Waals surface area contributed by atoms with Crippen LogP contribution in [0.1, 0.15) is 40.2 Å². The number of rotatable bonds is 4. The molecule has 3 rings (SSSR count). The van der Waals surface area contributed by atoms with Crippen LogP contribution in [-0.4, -0.2) is 52.6 Å². The van der Waals surface area contributed by atoms with E-state index in [1.807, 2.05) is 0 Å². The first-order valence-corrected chi connectivity index (χ1v) is 7.33. The number of fused-ring (bicyclic) bond motifs is 1. The summed E-state index contributed by atoms with van der Waals surface area (Å²) in [5.74, 6) is -0.519. The molecule has 0 atom stereocenters. The summed E-state index contributed by atoms with van der Waals surface area (Å²) in [6.07, 6.45) is 7.96. The van der Waals surface area contributed by atoms with Crippen molar-refractivity contribution in [3.05, 3.63) is 35.6 Å². The van der Waals surface area contributed by atoms with Gasteiger partial charge >= 0.3 is 0 Å². The lowest BCUT2D eigenvalue weighted by atomic mass is 10.0. The van der Waals surface area contributed by atoms with Gasteiger partial charge in [0.25, 0.3) is 0 Å². The monoisotopic (exact) mass is 286 g/mol. The fourth-order valence-electron chi connectivity index (χ4n) is 2.74. The molecule has 1 N–H and O–H groups in total. The molecule has 0 unspecified atom stereocenters. The topological polar surface area (TPSA) is 75.2 Å². The van der Waals surface area contributed by atoms with E-state index in [-0.39, 0.29) is 23.0 Å². The molecule has 1 aliphatic heterocycles. The van der Waals surface area contributed by atoms with E-state index < -0.39 is 0 Å². The van der Waals surface area contributed by atoms with Crippen LogP contribution in [0.2, 0.25) is 0 Å². The van der Waals surface area contributed by atoms with E-state index in [2.05, 4.69) is 20.2 Å². The van der Waals surface area contributed by atoms with Gasteiger partial charge in [0.15, 0.2) is 0 Å². The van der Waals surface area contributed by atoms with Crippen LogP contribution in [0.3, 0.4) is 0 Å². The number of hydrogen-bond donors (Lipinski definition) is 1. The van der Waals surface area contributed by atoms with Crippen LogP contribution in [0.4, 0.5) is 0 Å². The zero-order valence-corrected chi connectivity index (χ0v) is 11.8. The average Bonchev–Trinajstić information content (AvgIpc) is 2.53. The highest BCUT2D eigenvalue weighted by molar-refractivity contribution is 6.22. The van der Waals surface area contributed by atoms with Crippen molar-refractivity contribution in [1.29, 1.82) is 0 Å². The molecule has 0 saturated carbocycles. The Hall–Kier alpha value is -2.08. The maximum Gasteiger partial charge on any atom is 0.229 e. The third kappa shape index (κ3) is 3.00. The van der Waals surface area contributed by atoms with E-state index >= 15 is 0 Å². The molecule has 1 aliphatic carbocycles. The van der Waals surface area contributed by atoms with E-state index in [1.165, 1.54) is 37.7 Å². The van der Waals surface area contributed by atoms with Gasteiger partial charge in [-0.15, -0.1) is 0 Å². The number of nitrogens with zero attached hydrogens (tertiary/aromatic N) is 3. The van der Waals surface area contributed by atoms with E-state index in [9.17, 15) is 9.59 Å². The number of likely N-dealkylation sites (tertiary alicyclic amines) is 1. The molecule has 0 amide bonds. The highest BCUT2D eigenvalue weighted by Gasteiger charge is 2.27. The lowest BCUT2D eigenvalue weighted by Crippen LogP contribution is -2.37. The van der Waals surface area contributed by atoms with Gasteiger partial charge in [-0.1, -0.05) is 6.42 Å². The van der Waals surface area contributed by atoms with Crippen molar-refractivity contribution in [2.45, 2.75) is 19.3 Å². The predicted molar refractivity (Wildman–Crippen MR) is 77.1 cm³/mol. The third-order valence-corrected chi connectivity index (χ3v) is 3.86. The predicted octanol–water partition coefficient (Wildman–Crippen LogP) is 0.815. The molecule has 110 valence electrons. The second-order valence-electron chi connectivity index (χ2n) is 5.33. The van der Waals surface area contributed by atoms with E-state index in [1.54, 1.807) is 0 Å². The molecule has 0 radical (unpaired) electrons. The number of hydrogen-bond acceptors (Lipinski definition) is 6. The van der Waals surface area contributed by atoms with Gasteiger partial charge in [-0.3, -0.25) is 9.59 Å². The van der Waals surface area contributed by atoms with Crippen molar-refractivity contribution < 1.29 is 9.59 Å². The van der Waals surface area contributed by atoms with Gasteiger partial charge in [0, 0.05) is 31.6 Å². The summed E-state index contributed by atoms with van der Waals surface area (Å²) in [5.41, 5.74) is 0.611. The number of ketones is 2. The molecule has 0 aromatic carbocycles. The molecule has 0 spiro atoms. The Morgan fingerprint density at radius 1 is 1.05 bits per heavy atom. The Balaban J connectivity index is 1.61. The normalized spacial score (nSPS) is 19.1. The Kier molecular flexibility index (Phi) is 4.06. The summed E-state index contributed by atoms with van der Waals surface area (Å²) < 4.78 is 0. The van der Waals surface area contributed by atoms with Crippen molar-refractivity contribution in [3.8, 4) is 0 Å². The van der Waals surface area contributed by atoms with E-state index in [0.29, 0.717) is 12.2 Å². The van der Waals surface area contributed by atoms with Crippen LogP contribution in [0.25, 0.3) is 0 Å². The average molecular weight is 286 g/mol. The summed E-state index contributed by atoms with van der Waals surface area (Å²) in [4.78, 5) is 34.4. The third-order valence-electron chi connectivity index (χ3n) is 3.86. The van der Waals surface area contributed by atoms with Gasteiger partial charge in [-0.2, -0.15) is 0 Å². The largest absolute Gasteiger partial charge is 0.380 e. The minimum absolute atomic E-state index is 0.143. The van der Waals surface area contributed by atoms with Crippen LogP contribution in [-0.2, 0) is 0 Å². The quantitative estimate of drug-likeness (QED) is 0.883. The highest BCUT2D eigenvalue weighted by atomic mass is 16.1. The van der Waals surface area contributed by atoms with Gasteiger partial charge < -0.3 is 10.2 Å². The molecule has 2 heterocycles. The number of carbonyl (C=O) groups excluding carboxylic acids is 2. The van der Waals surface area contributed by atoms with Crippen molar-refractivity contribution in [2.24, 2.45) is 0 Å². The Morgan fingerprint density at radius 3 is 2.52 bits per heavy atom. The summed E-state index contributed by atoms with van der Waals surface area (Å²) in [7, 11) is 0. The molecular formula is C15H18N4O2. The number of carbonyl (C=O) groups is 2. The fourth-order valence-corrected chi connectivity index (χ4v) is 2.74. The molecule has 1 aromatic heterocycles. The summed E-state index contributed by atoms with van der Waals surface area (Å²) in [6.45, 7) is 3.76. The molecule has 6 nitrogen and oxygen atoms in total. The first-order chi connectivity index (χ1) is 10.3. The molecule has 6 heteroatoms. The molecular weight excluding hydrogens is 268 g/mol. The second-order valence-corrected chi connectivity index (χ2v) is 5.33.